The quantitative estimate of drug-likeness (QED) is 0.267. The number of aromatic nitrogens is 2. The van der Waals surface area contributed by atoms with Crippen LogP contribution in [0.5, 0.6) is 0 Å². The second kappa shape index (κ2) is 13.8. The van der Waals surface area contributed by atoms with Crippen LogP contribution in [0.4, 0.5) is 5.82 Å². The lowest BCUT2D eigenvalue weighted by Crippen LogP contribution is -2.49. The molecule has 2 N–H and O–H groups in total. The highest BCUT2D eigenvalue weighted by atomic mass is 35.5. The van der Waals surface area contributed by atoms with Crippen molar-refractivity contribution in [2.75, 3.05) is 57.3 Å². The molecule has 44 heavy (non-hydrogen) atoms. The number of pyridine rings is 2. The zero-order chi connectivity index (χ0) is 30.7. The molecule has 4 heterocycles. The van der Waals surface area contributed by atoms with Crippen molar-refractivity contribution in [3.63, 3.8) is 0 Å². The SMILES string of the molecule is C=C(C)NCC1CCN(Cc2cc(Cc3ccc(N4CCN(CC5(O)CC5)CC4)nc3)nc(-c3cc(Cl)cc(Cl)c3)c2)CC1. The van der Waals surface area contributed by atoms with E-state index in [1.165, 1.54) is 18.4 Å². The maximum Gasteiger partial charge on any atom is 0.128 e. The normalized spacial score (nSPS) is 19.2. The molecule has 1 aromatic carbocycles. The average Bonchev–Trinajstić information content (AvgIpc) is 3.73. The lowest BCUT2D eigenvalue weighted by atomic mass is 9.96. The van der Waals surface area contributed by atoms with Gasteiger partial charge in [0.05, 0.1) is 11.3 Å². The minimum atomic E-state index is -0.425. The summed E-state index contributed by atoms with van der Waals surface area (Å²) in [5, 5.41) is 14.9. The van der Waals surface area contributed by atoms with Gasteiger partial charge in [-0.3, -0.25) is 14.8 Å². The Morgan fingerprint density at radius 2 is 1.68 bits per heavy atom. The minimum Gasteiger partial charge on any atom is -0.389 e. The van der Waals surface area contributed by atoms with Crippen LogP contribution in [0.15, 0.2) is 60.9 Å². The monoisotopic (exact) mass is 634 g/mol. The second-order valence-electron chi connectivity index (χ2n) is 13.1. The molecule has 234 valence electrons. The van der Waals surface area contributed by atoms with Gasteiger partial charge in [0.1, 0.15) is 5.82 Å². The lowest BCUT2D eigenvalue weighted by molar-refractivity contribution is 0.0888. The maximum absolute atomic E-state index is 10.3. The summed E-state index contributed by atoms with van der Waals surface area (Å²) in [6.45, 7) is 14.6. The van der Waals surface area contributed by atoms with E-state index in [2.05, 4.69) is 50.9 Å². The van der Waals surface area contributed by atoms with Crippen LogP contribution in [0.2, 0.25) is 10.0 Å². The van der Waals surface area contributed by atoms with Gasteiger partial charge >= 0.3 is 0 Å². The van der Waals surface area contributed by atoms with Crippen LogP contribution in [-0.2, 0) is 13.0 Å². The predicted octanol–water partition coefficient (Wildman–Crippen LogP) is 6.02. The Hall–Kier alpha value is -2.68. The van der Waals surface area contributed by atoms with Crippen molar-refractivity contribution in [3.05, 3.63) is 87.8 Å². The minimum absolute atomic E-state index is 0.425. The molecule has 1 aliphatic carbocycles. The summed E-state index contributed by atoms with van der Waals surface area (Å²) < 4.78 is 0. The first-order valence-electron chi connectivity index (χ1n) is 15.9. The van der Waals surface area contributed by atoms with E-state index in [4.69, 9.17) is 33.2 Å². The van der Waals surface area contributed by atoms with Crippen LogP contribution in [0.25, 0.3) is 11.3 Å². The molecule has 3 aliphatic rings. The first-order valence-corrected chi connectivity index (χ1v) is 16.7. The number of piperidine rings is 1. The van der Waals surface area contributed by atoms with Gasteiger partial charge in [-0.15, -0.1) is 0 Å². The molecular weight excluding hydrogens is 591 g/mol. The number of nitrogens with one attached hydrogen (secondary N) is 1. The summed E-state index contributed by atoms with van der Waals surface area (Å²) in [6, 6.07) is 14.4. The zero-order valence-corrected chi connectivity index (χ0v) is 27.3. The van der Waals surface area contributed by atoms with Crippen molar-refractivity contribution in [1.82, 2.24) is 25.1 Å². The Balaban J connectivity index is 1.13. The third-order valence-corrected chi connectivity index (χ3v) is 9.57. The molecule has 0 spiro atoms. The molecule has 3 fully saturated rings. The van der Waals surface area contributed by atoms with Crippen LogP contribution < -0.4 is 10.2 Å². The van der Waals surface area contributed by atoms with Crippen molar-refractivity contribution in [2.45, 2.75) is 51.2 Å². The van der Waals surface area contributed by atoms with Crippen molar-refractivity contribution < 1.29 is 5.11 Å². The van der Waals surface area contributed by atoms with E-state index in [-0.39, 0.29) is 0 Å². The van der Waals surface area contributed by atoms with Crippen LogP contribution in [0, 0.1) is 5.92 Å². The number of allylic oxidation sites excluding steroid dienone is 1. The number of halogens is 2. The van der Waals surface area contributed by atoms with Gasteiger partial charge in [-0.25, -0.2) is 4.98 Å². The van der Waals surface area contributed by atoms with Crippen molar-refractivity contribution in [2.24, 2.45) is 5.92 Å². The van der Waals surface area contributed by atoms with Gasteiger partial charge in [-0.2, -0.15) is 0 Å². The molecule has 3 aromatic rings. The number of likely N-dealkylation sites (tertiary alicyclic amines) is 1. The Morgan fingerprint density at radius 1 is 0.955 bits per heavy atom. The molecule has 0 bridgehead atoms. The topological polar surface area (TPSA) is 67.8 Å². The summed E-state index contributed by atoms with van der Waals surface area (Å²) in [6.07, 6.45) is 6.94. The van der Waals surface area contributed by atoms with E-state index >= 15 is 0 Å². The summed E-state index contributed by atoms with van der Waals surface area (Å²) in [5.74, 6) is 1.70. The van der Waals surface area contributed by atoms with Gasteiger partial charge in [0.15, 0.2) is 0 Å². The summed E-state index contributed by atoms with van der Waals surface area (Å²) >= 11 is 12.8. The predicted molar refractivity (Wildman–Crippen MR) is 180 cm³/mol. The number of hydrogen-bond donors (Lipinski definition) is 2. The smallest absolute Gasteiger partial charge is 0.128 e. The average molecular weight is 636 g/mol. The van der Waals surface area contributed by atoms with Crippen molar-refractivity contribution in [1.29, 1.82) is 0 Å². The summed E-state index contributed by atoms with van der Waals surface area (Å²) in [7, 11) is 0. The number of β-amino-alcohol motifs (C(OH)–C–C–N with tert-alkyl or cyclic N) is 1. The number of anilines is 1. The van der Waals surface area contributed by atoms with Crippen LogP contribution in [0.3, 0.4) is 0 Å². The number of benzene rings is 1. The molecule has 9 heteroatoms. The Labute approximate surface area is 271 Å². The third-order valence-electron chi connectivity index (χ3n) is 9.14. The molecule has 0 amide bonds. The highest BCUT2D eigenvalue weighted by Crippen LogP contribution is 2.36. The molecule has 0 radical (unpaired) electrons. The Bertz CT molecular complexity index is 1420. The molecule has 6 rings (SSSR count). The fourth-order valence-corrected chi connectivity index (χ4v) is 6.90. The number of hydrogen-bond acceptors (Lipinski definition) is 7. The number of piperazine rings is 1. The van der Waals surface area contributed by atoms with E-state index in [1.54, 1.807) is 6.07 Å². The van der Waals surface area contributed by atoms with Gasteiger partial charge in [0.2, 0.25) is 0 Å². The molecule has 0 unspecified atom stereocenters. The first kappa shape index (κ1) is 31.3. The highest BCUT2D eigenvalue weighted by Gasteiger charge is 2.42. The van der Waals surface area contributed by atoms with E-state index in [0.717, 1.165) is 106 Å². The van der Waals surface area contributed by atoms with E-state index < -0.39 is 5.60 Å². The largest absolute Gasteiger partial charge is 0.389 e. The standard InChI is InChI=1S/C35H44Cl2N6O/c1-25(2)38-21-26-5-9-41(10-6-26)23-28-16-32(40-33(17-28)29-18-30(36)20-31(37)19-29)15-27-3-4-34(39-22-27)43-13-11-42(12-14-43)24-35(44)7-8-35/h3-4,16-20,22,26,38,44H,1,5-15,21,23-24H2,2H3. The number of aliphatic hydroxyl groups is 1. The van der Waals surface area contributed by atoms with E-state index in [9.17, 15) is 5.11 Å². The van der Waals surface area contributed by atoms with Gasteiger partial charge in [0.25, 0.3) is 0 Å². The van der Waals surface area contributed by atoms with Crippen molar-refractivity contribution >= 4 is 29.0 Å². The van der Waals surface area contributed by atoms with Gasteiger partial charge in [-0.05, 0) is 99.1 Å². The molecule has 2 aromatic heterocycles. The van der Waals surface area contributed by atoms with Gasteiger partial charge < -0.3 is 15.3 Å². The van der Waals surface area contributed by atoms with Crippen molar-refractivity contribution in [3.8, 4) is 11.3 Å². The number of nitrogens with zero attached hydrogens (tertiary/aromatic N) is 5. The molecular formula is C35H44Cl2N6O. The fourth-order valence-electron chi connectivity index (χ4n) is 6.38. The molecule has 2 aliphatic heterocycles. The van der Waals surface area contributed by atoms with Crippen LogP contribution in [0.1, 0.15) is 49.4 Å². The summed E-state index contributed by atoms with van der Waals surface area (Å²) in [5.41, 5.74) is 5.82. The maximum atomic E-state index is 10.3. The zero-order valence-electron chi connectivity index (χ0n) is 25.7. The lowest BCUT2D eigenvalue weighted by Gasteiger charge is -2.36. The molecule has 2 saturated heterocycles. The second-order valence-corrected chi connectivity index (χ2v) is 14.0. The van der Waals surface area contributed by atoms with E-state index in [0.29, 0.717) is 22.4 Å². The van der Waals surface area contributed by atoms with Crippen LogP contribution >= 0.6 is 23.2 Å². The Morgan fingerprint density at radius 3 is 2.32 bits per heavy atom. The Kier molecular flexibility index (Phi) is 9.79. The van der Waals surface area contributed by atoms with Crippen LogP contribution in [-0.4, -0.2) is 82.8 Å². The van der Waals surface area contributed by atoms with Gasteiger partial charge in [-0.1, -0.05) is 35.8 Å². The first-order chi connectivity index (χ1) is 21.2. The third kappa shape index (κ3) is 8.52. The molecule has 7 nitrogen and oxygen atoms in total. The van der Waals surface area contributed by atoms with E-state index in [1.807, 2.05) is 25.3 Å². The molecule has 0 atom stereocenters. The highest BCUT2D eigenvalue weighted by molar-refractivity contribution is 6.35. The fraction of sp³-hybridized carbons (Fsp3) is 0.486. The number of rotatable bonds is 11. The summed E-state index contributed by atoms with van der Waals surface area (Å²) in [4.78, 5) is 17.2. The van der Waals surface area contributed by atoms with Gasteiger partial charge in [0, 0.05) is 85.4 Å². The molecule has 1 saturated carbocycles.